The molecule has 198 valence electrons. The van der Waals surface area contributed by atoms with Gasteiger partial charge in [-0.15, -0.1) is 0 Å². The minimum atomic E-state index is -0.667. The standard InChI is InChI=1S/C32H32N4O3/c1-2-3-4-12-19-33-30(37)23-16-9-11-18-26(23)36-31(38)27-20-24-22-15-8-10-17-25(22)34-28(24)29(35(27)32(36)39)21-13-6-5-7-14-21/h5-11,13-18,27,29,34H,2-4,12,19-20H2,1H3,(H,33,37)/t27-,29+/m0/s1. The number of hydrogen-bond donors (Lipinski definition) is 2. The Bertz CT molecular complexity index is 1540. The molecule has 7 heteroatoms. The Hall–Kier alpha value is -4.39. The number of imide groups is 1. The van der Waals surface area contributed by atoms with Crippen LogP contribution in [0.3, 0.4) is 0 Å². The van der Waals surface area contributed by atoms with Crippen LogP contribution in [0.2, 0.25) is 0 Å². The number of carbonyl (C=O) groups excluding carboxylic acids is 3. The van der Waals surface area contributed by atoms with Crippen molar-refractivity contribution in [1.29, 1.82) is 0 Å². The lowest BCUT2D eigenvalue weighted by atomic mass is 9.89. The number of nitrogens with zero attached hydrogens (tertiary/aromatic N) is 2. The molecular formula is C32H32N4O3. The number of amides is 4. The lowest BCUT2D eigenvalue weighted by Crippen LogP contribution is -2.44. The molecule has 0 radical (unpaired) electrons. The van der Waals surface area contributed by atoms with Gasteiger partial charge in [-0.1, -0.05) is 86.8 Å². The average molecular weight is 521 g/mol. The van der Waals surface area contributed by atoms with Gasteiger partial charge < -0.3 is 10.3 Å². The van der Waals surface area contributed by atoms with E-state index in [1.165, 1.54) is 4.90 Å². The van der Waals surface area contributed by atoms with E-state index in [1.807, 2.05) is 48.5 Å². The molecule has 4 aromatic rings. The molecule has 0 spiro atoms. The van der Waals surface area contributed by atoms with Crippen molar-refractivity contribution in [3.05, 3.63) is 101 Å². The molecule has 2 atom stereocenters. The van der Waals surface area contributed by atoms with Crippen LogP contribution >= 0.6 is 0 Å². The van der Waals surface area contributed by atoms with Gasteiger partial charge in [-0.25, -0.2) is 9.69 Å². The summed E-state index contributed by atoms with van der Waals surface area (Å²) in [5.74, 6) is -0.580. The van der Waals surface area contributed by atoms with Gasteiger partial charge in [0.1, 0.15) is 12.1 Å². The zero-order chi connectivity index (χ0) is 26.9. The Morgan fingerprint density at radius 2 is 1.67 bits per heavy atom. The monoisotopic (exact) mass is 520 g/mol. The molecule has 2 N–H and O–H groups in total. The van der Waals surface area contributed by atoms with Gasteiger partial charge in [-0.2, -0.15) is 0 Å². The summed E-state index contributed by atoms with van der Waals surface area (Å²) in [6.45, 7) is 2.70. The summed E-state index contributed by atoms with van der Waals surface area (Å²) in [4.78, 5) is 47.8. The topological polar surface area (TPSA) is 85.5 Å². The number of benzene rings is 3. The van der Waals surface area contributed by atoms with Crippen LogP contribution in [0, 0.1) is 0 Å². The number of hydrogen-bond acceptors (Lipinski definition) is 3. The summed E-state index contributed by atoms with van der Waals surface area (Å²) < 4.78 is 0. The third-order valence-electron chi connectivity index (χ3n) is 7.87. The molecule has 7 nitrogen and oxygen atoms in total. The molecule has 0 unspecified atom stereocenters. The summed E-state index contributed by atoms with van der Waals surface area (Å²) in [5.41, 5.74) is 4.56. The maximum absolute atomic E-state index is 14.2. The molecule has 1 saturated heterocycles. The number of carbonyl (C=O) groups is 3. The van der Waals surface area contributed by atoms with Crippen molar-refractivity contribution in [2.75, 3.05) is 11.4 Å². The summed E-state index contributed by atoms with van der Waals surface area (Å²) in [6, 6.07) is 23.2. The molecule has 0 saturated carbocycles. The maximum atomic E-state index is 14.2. The van der Waals surface area contributed by atoms with Gasteiger partial charge in [-0.05, 0) is 35.7 Å². The average Bonchev–Trinajstić information content (AvgIpc) is 3.46. The van der Waals surface area contributed by atoms with E-state index in [1.54, 1.807) is 29.2 Å². The minimum Gasteiger partial charge on any atom is -0.356 e. The first kappa shape index (κ1) is 24.9. The van der Waals surface area contributed by atoms with Gasteiger partial charge in [0.25, 0.3) is 11.8 Å². The normalized spacial score (nSPS) is 18.4. The summed E-state index contributed by atoms with van der Waals surface area (Å²) in [6.07, 6.45) is 4.60. The molecular weight excluding hydrogens is 488 g/mol. The molecule has 4 amide bonds. The van der Waals surface area contributed by atoms with E-state index in [-0.39, 0.29) is 11.8 Å². The van der Waals surface area contributed by atoms with E-state index in [0.29, 0.717) is 24.2 Å². The molecule has 2 aliphatic heterocycles. The predicted octanol–water partition coefficient (Wildman–Crippen LogP) is 5.96. The smallest absolute Gasteiger partial charge is 0.332 e. The van der Waals surface area contributed by atoms with Crippen molar-refractivity contribution in [2.24, 2.45) is 0 Å². The highest BCUT2D eigenvalue weighted by Gasteiger charge is 2.53. The third-order valence-corrected chi connectivity index (χ3v) is 7.87. The van der Waals surface area contributed by atoms with Crippen molar-refractivity contribution >= 4 is 34.4 Å². The fourth-order valence-electron chi connectivity index (χ4n) is 5.99. The predicted molar refractivity (Wildman–Crippen MR) is 152 cm³/mol. The summed E-state index contributed by atoms with van der Waals surface area (Å²) in [5, 5.41) is 4.04. The summed E-state index contributed by atoms with van der Waals surface area (Å²) in [7, 11) is 0. The Balaban J connectivity index is 1.38. The lowest BCUT2D eigenvalue weighted by Gasteiger charge is -2.36. The zero-order valence-corrected chi connectivity index (χ0v) is 22.0. The number of nitrogens with one attached hydrogen (secondary N) is 2. The number of fused-ring (bicyclic) bond motifs is 4. The van der Waals surface area contributed by atoms with E-state index < -0.39 is 18.1 Å². The van der Waals surface area contributed by atoms with Crippen LogP contribution in [-0.2, 0) is 11.2 Å². The van der Waals surface area contributed by atoms with Crippen LogP contribution in [0.4, 0.5) is 10.5 Å². The van der Waals surface area contributed by atoms with Gasteiger partial charge in [0.05, 0.1) is 11.3 Å². The molecule has 0 aliphatic carbocycles. The fourth-order valence-corrected chi connectivity index (χ4v) is 5.99. The second-order valence-electron chi connectivity index (χ2n) is 10.3. The molecule has 3 heterocycles. The van der Waals surface area contributed by atoms with Gasteiger partial charge in [0.2, 0.25) is 0 Å². The van der Waals surface area contributed by atoms with Crippen LogP contribution in [0.15, 0.2) is 78.9 Å². The molecule has 39 heavy (non-hydrogen) atoms. The van der Waals surface area contributed by atoms with Crippen molar-refractivity contribution < 1.29 is 14.4 Å². The number of rotatable bonds is 8. The van der Waals surface area contributed by atoms with Crippen LogP contribution in [0.5, 0.6) is 0 Å². The largest absolute Gasteiger partial charge is 0.356 e. The molecule has 3 aromatic carbocycles. The Labute approximate surface area is 227 Å². The molecule has 1 fully saturated rings. The second kappa shape index (κ2) is 10.4. The number of unbranched alkanes of at least 4 members (excludes halogenated alkanes) is 3. The zero-order valence-electron chi connectivity index (χ0n) is 22.0. The van der Waals surface area contributed by atoms with Crippen LogP contribution in [0.1, 0.15) is 65.8 Å². The molecule has 2 aliphatic rings. The SMILES string of the molecule is CCCCCCNC(=O)c1ccccc1N1C(=O)[C@@H]2Cc3c([nH]c4ccccc34)[C@@H](c3ccccc3)N2C1=O. The molecule has 0 bridgehead atoms. The minimum absolute atomic E-state index is 0.275. The van der Waals surface area contributed by atoms with Crippen LogP contribution in [-0.4, -0.2) is 40.3 Å². The quantitative estimate of drug-likeness (QED) is 0.222. The lowest BCUT2D eigenvalue weighted by molar-refractivity contribution is -0.120. The van der Waals surface area contributed by atoms with Crippen molar-refractivity contribution in [3.63, 3.8) is 0 Å². The van der Waals surface area contributed by atoms with E-state index in [4.69, 9.17) is 0 Å². The van der Waals surface area contributed by atoms with Crippen LogP contribution < -0.4 is 10.2 Å². The Morgan fingerprint density at radius 1 is 0.923 bits per heavy atom. The third kappa shape index (κ3) is 4.28. The number of para-hydroxylation sites is 2. The Morgan fingerprint density at radius 3 is 2.49 bits per heavy atom. The van der Waals surface area contributed by atoms with E-state index >= 15 is 0 Å². The number of aromatic amines is 1. The number of anilines is 1. The number of H-pyrrole nitrogens is 1. The first-order chi connectivity index (χ1) is 19.1. The van der Waals surface area contributed by atoms with E-state index in [2.05, 4.69) is 23.3 Å². The molecule has 1 aromatic heterocycles. The number of urea groups is 1. The van der Waals surface area contributed by atoms with Gasteiger partial charge in [0, 0.05) is 29.6 Å². The van der Waals surface area contributed by atoms with Crippen molar-refractivity contribution in [1.82, 2.24) is 15.2 Å². The fraction of sp³-hybridized carbons (Fsp3) is 0.281. The second-order valence-corrected chi connectivity index (χ2v) is 10.3. The van der Waals surface area contributed by atoms with E-state index in [0.717, 1.165) is 53.4 Å². The van der Waals surface area contributed by atoms with Crippen LogP contribution in [0.25, 0.3) is 10.9 Å². The van der Waals surface area contributed by atoms with Gasteiger partial charge in [0.15, 0.2) is 0 Å². The highest BCUT2D eigenvalue weighted by Crippen LogP contribution is 2.45. The Kier molecular flexibility index (Phi) is 6.65. The van der Waals surface area contributed by atoms with Gasteiger partial charge >= 0.3 is 6.03 Å². The van der Waals surface area contributed by atoms with Crippen molar-refractivity contribution in [2.45, 2.75) is 51.1 Å². The first-order valence-electron chi connectivity index (χ1n) is 13.8. The maximum Gasteiger partial charge on any atom is 0.332 e. The molecule has 6 rings (SSSR count). The van der Waals surface area contributed by atoms with Crippen molar-refractivity contribution in [3.8, 4) is 0 Å². The highest BCUT2D eigenvalue weighted by atomic mass is 16.2. The first-order valence-corrected chi connectivity index (χ1v) is 13.8. The van der Waals surface area contributed by atoms with Gasteiger partial charge in [-0.3, -0.25) is 14.5 Å². The number of aromatic nitrogens is 1. The summed E-state index contributed by atoms with van der Waals surface area (Å²) >= 11 is 0. The highest BCUT2D eigenvalue weighted by molar-refractivity contribution is 6.24. The van der Waals surface area contributed by atoms with E-state index in [9.17, 15) is 14.4 Å².